The molecule has 4 N–H and O–H groups in total. The molecule has 2 aliphatic carbocycles. The minimum atomic E-state index is 0. The predicted octanol–water partition coefficient (Wildman–Crippen LogP) is 1.74. The first-order valence-corrected chi connectivity index (χ1v) is 8.48. The highest BCUT2D eigenvalue weighted by Gasteiger charge is 2.29. The molecule has 0 bridgehead atoms. The Hall–Kier alpha value is -0.810. The smallest absolute Gasteiger partial charge is 0.223 e. The fourth-order valence-electron chi connectivity index (χ4n) is 3.14. The van der Waals surface area contributed by atoms with Gasteiger partial charge in [0, 0.05) is 31.5 Å². The van der Waals surface area contributed by atoms with Gasteiger partial charge < -0.3 is 16.4 Å². The molecule has 2 saturated carbocycles. The summed E-state index contributed by atoms with van der Waals surface area (Å²) in [4.78, 5) is 23.4. The molecule has 6 heteroatoms. The maximum Gasteiger partial charge on any atom is 0.223 e. The van der Waals surface area contributed by atoms with Crippen LogP contribution < -0.4 is 16.4 Å². The number of rotatable bonds is 8. The van der Waals surface area contributed by atoms with Crippen molar-refractivity contribution in [1.82, 2.24) is 10.6 Å². The summed E-state index contributed by atoms with van der Waals surface area (Å²) in [6.45, 7) is 1.12. The summed E-state index contributed by atoms with van der Waals surface area (Å²) in [6, 6.07) is 0.124. The number of nitrogens with two attached hydrogens (primary N) is 1. The van der Waals surface area contributed by atoms with E-state index in [1.807, 2.05) is 0 Å². The zero-order valence-corrected chi connectivity index (χ0v) is 14.1. The molecule has 1 unspecified atom stereocenters. The van der Waals surface area contributed by atoms with Crippen LogP contribution in [0.4, 0.5) is 0 Å². The van der Waals surface area contributed by atoms with Crippen molar-refractivity contribution in [3.05, 3.63) is 0 Å². The zero-order chi connectivity index (χ0) is 15.1. The number of halogens is 1. The third kappa shape index (κ3) is 6.53. The SMILES string of the molecule is Cl.NCC(NC(=O)CCCNC(=O)C1CC1)C1CCCCC1. The molecule has 0 aromatic heterocycles. The van der Waals surface area contributed by atoms with Gasteiger partial charge in [-0.3, -0.25) is 9.59 Å². The first-order chi connectivity index (χ1) is 10.2. The monoisotopic (exact) mass is 331 g/mol. The first-order valence-electron chi connectivity index (χ1n) is 8.48. The van der Waals surface area contributed by atoms with Gasteiger partial charge in [0.1, 0.15) is 0 Å². The molecule has 2 amide bonds. The third-order valence-electron chi connectivity index (χ3n) is 4.65. The third-order valence-corrected chi connectivity index (χ3v) is 4.65. The van der Waals surface area contributed by atoms with Crippen LogP contribution in [0.3, 0.4) is 0 Å². The van der Waals surface area contributed by atoms with Crippen molar-refractivity contribution in [1.29, 1.82) is 0 Å². The summed E-state index contributed by atoms with van der Waals surface area (Å²) in [7, 11) is 0. The van der Waals surface area contributed by atoms with E-state index in [-0.39, 0.29) is 36.2 Å². The van der Waals surface area contributed by atoms with Crippen molar-refractivity contribution in [3.8, 4) is 0 Å². The Morgan fingerprint density at radius 2 is 1.77 bits per heavy atom. The van der Waals surface area contributed by atoms with Crippen LogP contribution in [0, 0.1) is 11.8 Å². The van der Waals surface area contributed by atoms with Gasteiger partial charge in [-0.25, -0.2) is 0 Å². The summed E-state index contributed by atoms with van der Waals surface area (Å²) in [5.41, 5.74) is 5.81. The van der Waals surface area contributed by atoms with Crippen LogP contribution in [0.2, 0.25) is 0 Å². The molecule has 2 aliphatic rings. The Labute approximate surface area is 139 Å². The maximum atomic E-state index is 12.0. The number of carbonyl (C=O) groups excluding carboxylic acids is 2. The topological polar surface area (TPSA) is 84.2 Å². The van der Waals surface area contributed by atoms with Gasteiger partial charge >= 0.3 is 0 Å². The van der Waals surface area contributed by atoms with E-state index < -0.39 is 0 Å². The molecule has 0 aromatic rings. The van der Waals surface area contributed by atoms with Crippen LogP contribution in [0.5, 0.6) is 0 Å². The van der Waals surface area contributed by atoms with Crippen molar-refractivity contribution in [2.24, 2.45) is 17.6 Å². The van der Waals surface area contributed by atoms with Gasteiger partial charge in [0.2, 0.25) is 11.8 Å². The average Bonchev–Trinajstić information content (AvgIpc) is 3.34. The second kappa shape index (κ2) is 10.1. The fourth-order valence-corrected chi connectivity index (χ4v) is 3.14. The largest absolute Gasteiger partial charge is 0.356 e. The molecule has 0 aromatic carbocycles. The Kier molecular flexibility index (Phi) is 8.79. The standard InChI is InChI=1S/C16H29N3O2.ClH/c17-11-14(12-5-2-1-3-6-12)19-15(20)7-4-10-18-16(21)13-8-9-13;/h12-14H,1-11,17H2,(H,18,21)(H,19,20);1H. The van der Waals surface area contributed by atoms with Crippen molar-refractivity contribution < 1.29 is 9.59 Å². The Morgan fingerprint density at radius 3 is 2.36 bits per heavy atom. The van der Waals surface area contributed by atoms with E-state index in [2.05, 4.69) is 10.6 Å². The van der Waals surface area contributed by atoms with E-state index in [1.54, 1.807) is 0 Å². The molecular formula is C16H30ClN3O2. The molecule has 2 fully saturated rings. The number of carbonyl (C=O) groups is 2. The number of nitrogens with one attached hydrogen (secondary N) is 2. The Balaban J connectivity index is 0.00000242. The van der Waals surface area contributed by atoms with E-state index in [1.165, 1.54) is 32.1 Å². The molecule has 2 rings (SSSR count). The molecule has 1 atom stereocenters. The zero-order valence-electron chi connectivity index (χ0n) is 13.3. The van der Waals surface area contributed by atoms with Crippen molar-refractivity contribution >= 4 is 24.2 Å². The molecule has 5 nitrogen and oxygen atoms in total. The normalized spacial score (nSPS) is 19.9. The maximum absolute atomic E-state index is 12.0. The van der Waals surface area contributed by atoms with E-state index in [0.717, 1.165) is 12.8 Å². The average molecular weight is 332 g/mol. The number of hydrogen-bond acceptors (Lipinski definition) is 3. The summed E-state index contributed by atoms with van der Waals surface area (Å²) in [6.07, 6.45) is 9.38. The minimum absolute atomic E-state index is 0. The van der Waals surface area contributed by atoms with E-state index >= 15 is 0 Å². The van der Waals surface area contributed by atoms with Gasteiger partial charge in [-0.2, -0.15) is 0 Å². The number of hydrogen-bond donors (Lipinski definition) is 3. The quantitative estimate of drug-likeness (QED) is 0.592. The fraction of sp³-hybridized carbons (Fsp3) is 0.875. The molecule has 22 heavy (non-hydrogen) atoms. The second-order valence-corrected chi connectivity index (χ2v) is 6.48. The lowest BCUT2D eigenvalue weighted by molar-refractivity contribution is -0.124. The summed E-state index contributed by atoms with van der Waals surface area (Å²) < 4.78 is 0. The van der Waals surface area contributed by atoms with Gasteiger partial charge in [0.25, 0.3) is 0 Å². The predicted molar refractivity (Wildman–Crippen MR) is 89.8 cm³/mol. The van der Waals surface area contributed by atoms with Crippen LogP contribution >= 0.6 is 12.4 Å². The highest BCUT2D eigenvalue weighted by atomic mass is 35.5. The van der Waals surface area contributed by atoms with Crippen molar-refractivity contribution in [2.45, 2.75) is 63.8 Å². The molecule has 128 valence electrons. The van der Waals surface area contributed by atoms with E-state index in [0.29, 0.717) is 31.8 Å². The van der Waals surface area contributed by atoms with Gasteiger partial charge in [-0.1, -0.05) is 19.3 Å². The van der Waals surface area contributed by atoms with Crippen LogP contribution in [-0.4, -0.2) is 30.9 Å². The van der Waals surface area contributed by atoms with Crippen LogP contribution in [0.15, 0.2) is 0 Å². The van der Waals surface area contributed by atoms with Gasteiger partial charge in [-0.15, -0.1) is 12.4 Å². The van der Waals surface area contributed by atoms with Gasteiger partial charge in [-0.05, 0) is 38.0 Å². The highest BCUT2D eigenvalue weighted by molar-refractivity contribution is 5.85. The molecule has 0 radical (unpaired) electrons. The molecular weight excluding hydrogens is 302 g/mol. The molecule has 0 spiro atoms. The van der Waals surface area contributed by atoms with E-state index in [4.69, 9.17) is 5.73 Å². The van der Waals surface area contributed by atoms with Crippen molar-refractivity contribution in [2.75, 3.05) is 13.1 Å². The lowest BCUT2D eigenvalue weighted by Gasteiger charge is -2.30. The molecule has 0 aliphatic heterocycles. The summed E-state index contributed by atoms with van der Waals surface area (Å²) >= 11 is 0. The number of amides is 2. The minimum Gasteiger partial charge on any atom is -0.356 e. The lowest BCUT2D eigenvalue weighted by atomic mass is 9.84. The van der Waals surface area contributed by atoms with E-state index in [9.17, 15) is 9.59 Å². The van der Waals surface area contributed by atoms with Crippen LogP contribution in [0.1, 0.15) is 57.8 Å². The van der Waals surface area contributed by atoms with Gasteiger partial charge in [0.15, 0.2) is 0 Å². The molecule has 0 heterocycles. The summed E-state index contributed by atoms with van der Waals surface area (Å²) in [5.74, 6) is 1.00. The summed E-state index contributed by atoms with van der Waals surface area (Å²) in [5, 5.41) is 5.97. The highest BCUT2D eigenvalue weighted by Crippen LogP contribution is 2.28. The van der Waals surface area contributed by atoms with Crippen LogP contribution in [0.25, 0.3) is 0 Å². The molecule has 0 saturated heterocycles. The van der Waals surface area contributed by atoms with Crippen LogP contribution in [-0.2, 0) is 9.59 Å². The van der Waals surface area contributed by atoms with Crippen molar-refractivity contribution in [3.63, 3.8) is 0 Å². The first kappa shape index (κ1) is 19.2. The Morgan fingerprint density at radius 1 is 1.09 bits per heavy atom. The van der Waals surface area contributed by atoms with Gasteiger partial charge in [0.05, 0.1) is 0 Å². The Bertz CT molecular complexity index is 355. The lowest BCUT2D eigenvalue weighted by Crippen LogP contribution is -2.46. The second-order valence-electron chi connectivity index (χ2n) is 6.48.